The van der Waals surface area contributed by atoms with Crippen molar-refractivity contribution < 1.29 is 4.79 Å². The third-order valence-electron chi connectivity index (χ3n) is 2.93. The molecule has 2 rings (SSSR count). The number of carbonyl (C=O) groups is 1. The smallest absolute Gasteiger partial charge is 0.253 e. The third-order valence-corrected chi connectivity index (χ3v) is 2.93. The lowest BCUT2D eigenvalue weighted by atomic mass is 10.1. The Bertz CT molecular complexity index is 552. The molecule has 1 aromatic carbocycles. The molecule has 0 bridgehead atoms. The van der Waals surface area contributed by atoms with Crippen molar-refractivity contribution in [2.45, 2.75) is 19.9 Å². The second-order valence-corrected chi connectivity index (χ2v) is 4.79. The van der Waals surface area contributed by atoms with Crippen molar-refractivity contribution in [2.24, 2.45) is 0 Å². The van der Waals surface area contributed by atoms with E-state index in [1.807, 2.05) is 18.2 Å². The minimum atomic E-state index is 0.0456. The molecule has 3 nitrogen and oxygen atoms in total. The molecule has 0 N–H and O–H groups in total. The van der Waals surface area contributed by atoms with E-state index in [0.29, 0.717) is 6.04 Å². The van der Waals surface area contributed by atoms with E-state index in [-0.39, 0.29) is 5.91 Å². The van der Waals surface area contributed by atoms with Gasteiger partial charge in [-0.15, -0.1) is 0 Å². The summed E-state index contributed by atoms with van der Waals surface area (Å²) in [5.41, 5.74) is 1.92. The molecule has 17 heavy (non-hydrogen) atoms. The molecular formula is C14H18N2O. The molecule has 0 saturated carbocycles. The summed E-state index contributed by atoms with van der Waals surface area (Å²) in [6.07, 6.45) is 2.07. The largest absolute Gasteiger partial charge is 0.345 e. The average Bonchev–Trinajstić information content (AvgIpc) is 2.70. The van der Waals surface area contributed by atoms with Crippen molar-refractivity contribution in [3.8, 4) is 0 Å². The van der Waals surface area contributed by atoms with Crippen LogP contribution in [-0.4, -0.2) is 29.5 Å². The molecule has 0 unspecified atom stereocenters. The summed E-state index contributed by atoms with van der Waals surface area (Å²) in [5.74, 6) is 0.0456. The highest BCUT2D eigenvalue weighted by atomic mass is 16.2. The zero-order valence-electron chi connectivity index (χ0n) is 10.8. The predicted octanol–water partition coefficient (Wildman–Crippen LogP) is 2.92. The lowest BCUT2D eigenvalue weighted by molar-refractivity contribution is 0.0828. The number of hydrogen-bond donors (Lipinski definition) is 0. The number of aromatic nitrogens is 1. The van der Waals surface area contributed by atoms with Gasteiger partial charge in [0.25, 0.3) is 5.91 Å². The topological polar surface area (TPSA) is 25.2 Å². The van der Waals surface area contributed by atoms with Crippen molar-refractivity contribution in [1.82, 2.24) is 9.47 Å². The maximum absolute atomic E-state index is 11.8. The molecule has 0 aliphatic heterocycles. The number of benzene rings is 1. The second-order valence-electron chi connectivity index (χ2n) is 4.79. The van der Waals surface area contributed by atoms with Gasteiger partial charge in [0.15, 0.2) is 0 Å². The zero-order valence-corrected chi connectivity index (χ0v) is 10.8. The van der Waals surface area contributed by atoms with Crippen molar-refractivity contribution in [2.75, 3.05) is 14.1 Å². The molecule has 0 fully saturated rings. The van der Waals surface area contributed by atoms with Gasteiger partial charge in [-0.2, -0.15) is 0 Å². The van der Waals surface area contributed by atoms with Gasteiger partial charge in [0.1, 0.15) is 0 Å². The van der Waals surface area contributed by atoms with Crippen molar-refractivity contribution in [3.05, 3.63) is 36.0 Å². The SMILES string of the molecule is CC(C)n1ccc2cc(C(=O)N(C)C)ccc21. The van der Waals surface area contributed by atoms with E-state index in [9.17, 15) is 4.79 Å². The van der Waals surface area contributed by atoms with E-state index in [0.717, 1.165) is 10.9 Å². The number of hydrogen-bond acceptors (Lipinski definition) is 1. The molecule has 2 aromatic rings. The average molecular weight is 230 g/mol. The maximum Gasteiger partial charge on any atom is 0.253 e. The standard InChI is InChI=1S/C14H18N2O/c1-10(2)16-8-7-11-9-12(5-6-13(11)16)14(17)15(3)4/h5-10H,1-4H3. The Morgan fingerprint density at radius 3 is 2.53 bits per heavy atom. The van der Waals surface area contributed by atoms with Crippen LogP contribution in [0.2, 0.25) is 0 Å². The van der Waals surface area contributed by atoms with Crippen LogP contribution in [0.15, 0.2) is 30.5 Å². The van der Waals surface area contributed by atoms with E-state index < -0.39 is 0 Å². The minimum absolute atomic E-state index is 0.0456. The number of rotatable bonds is 2. The molecule has 1 aromatic heterocycles. The number of fused-ring (bicyclic) bond motifs is 1. The first kappa shape index (κ1) is 11.7. The summed E-state index contributed by atoms with van der Waals surface area (Å²) in [6, 6.07) is 8.36. The number of nitrogens with zero attached hydrogens (tertiary/aromatic N) is 2. The summed E-state index contributed by atoms with van der Waals surface area (Å²) < 4.78 is 2.21. The molecule has 0 spiro atoms. The molecule has 1 amide bonds. The van der Waals surface area contributed by atoms with Crippen molar-refractivity contribution in [1.29, 1.82) is 0 Å². The van der Waals surface area contributed by atoms with Crippen LogP contribution in [0.3, 0.4) is 0 Å². The second kappa shape index (κ2) is 4.24. The van der Waals surface area contributed by atoms with Crippen LogP contribution in [0.25, 0.3) is 10.9 Å². The van der Waals surface area contributed by atoms with E-state index in [1.165, 1.54) is 5.52 Å². The van der Waals surface area contributed by atoms with Gasteiger partial charge in [-0.3, -0.25) is 4.79 Å². The Hall–Kier alpha value is -1.77. The zero-order chi connectivity index (χ0) is 12.6. The van der Waals surface area contributed by atoms with Crippen molar-refractivity contribution >= 4 is 16.8 Å². The quantitative estimate of drug-likeness (QED) is 0.778. The fourth-order valence-electron chi connectivity index (χ4n) is 2.01. The van der Waals surface area contributed by atoms with E-state index >= 15 is 0 Å². The van der Waals surface area contributed by atoms with Gasteiger partial charge in [-0.1, -0.05) is 0 Å². The lowest BCUT2D eigenvalue weighted by Gasteiger charge is -2.12. The minimum Gasteiger partial charge on any atom is -0.345 e. The van der Waals surface area contributed by atoms with Gasteiger partial charge in [0.2, 0.25) is 0 Å². The first-order valence-corrected chi connectivity index (χ1v) is 5.83. The molecule has 0 radical (unpaired) electrons. The van der Waals surface area contributed by atoms with Crippen LogP contribution in [0, 0.1) is 0 Å². The number of carbonyl (C=O) groups excluding carboxylic acids is 1. The highest BCUT2D eigenvalue weighted by molar-refractivity contribution is 5.97. The molecule has 90 valence electrons. The van der Waals surface area contributed by atoms with Gasteiger partial charge in [-0.25, -0.2) is 0 Å². The Balaban J connectivity index is 2.50. The normalized spacial score (nSPS) is 11.1. The summed E-state index contributed by atoms with van der Waals surface area (Å²) >= 11 is 0. The maximum atomic E-state index is 11.8. The summed E-state index contributed by atoms with van der Waals surface area (Å²) in [6.45, 7) is 4.30. The summed E-state index contributed by atoms with van der Waals surface area (Å²) in [7, 11) is 3.54. The summed E-state index contributed by atoms with van der Waals surface area (Å²) in [5, 5.41) is 1.12. The van der Waals surface area contributed by atoms with Gasteiger partial charge in [0.05, 0.1) is 0 Å². The third kappa shape index (κ3) is 2.05. The highest BCUT2D eigenvalue weighted by Crippen LogP contribution is 2.21. The molecule has 0 aliphatic rings. The van der Waals surface area contributed by atoms with Gasteiger partial charge in [-0.05, 0) is 38.1 Å². The van der Waals surface area contributed by atoms with Crippen LogP contribution in [0.5, 0.6) is 0 Å². The van der Waals surface area contributed by atoms with Crippen LogP contribution in [0.4, 0.5) is 0 Å². The Morgan fingerprint density at radius 1 is 1.24 bits per heavy atom. The van der Waals surface area contributed by atoms with Gasteiger partial charge < -0.3 is 9.47 Å². The molecule has 1 heterocycles. The fourth-order valence-corrected chi connectivity index (χ4v) is 2.01. The van der Waals surface area contributed by atoms with Gasteiger partial charge >= 0.3 is 0 Å². The monoisotopic (exact) mass is 230 g/mol. The molecule has 0 saturated heterocycles. The van der Waals surface area contributed by atoms with Crippen LogP contribution in [0.1, 0.15) is 30.2 Å². The Morgan fingerprint density at radius 2 is 1.94 bits per heavy atom. The number of amides is 1. The fraction of sp³-hybridized carbons (Fsp3) is 0.357. The predicted molar refractivity (Wildman–Crippen MR) is 70.3 cm³/mol. The van der Waals surface area contributed by atoms with Crippen LogP contribution in [-0.2, 0) is 0 Å². The molecule has 0 aliphatic carbocycles. The van der Waals surface area contributed by atoms with Gasteiger partial charge in [0, 0.05) is 42.8 Å². The first-order valence-electron chi connectivity index (χ1n) is 5.83. The Kier molecular flexibility index (Phi) is 2.92. The van der Waals surface area contributed by atoms with Crippen LogP contribution < -0.4 is 0 Å². The van der Waals surface area contributed by atoms with E-state index in [4.69, 9.17) is 0 Å². The highest BCUT2D eigenvalue weighted by Gasteiger charge is 2.10. The van der Waals surface area contributed by atoms with Crippen LogP contribution >= 0.6 is 0 Å². The first-order chi connectivity index (χ1) is 8.00. The molecule has 3 heteroatoms. The lowest BCUT2D eigenvalue weighted by Crippen LogP contribution is -2.21. The Labute approximate surface area is 102 Å². The van der Waals surface area contributed by atoms with Crippen molar-refractivity contribution in [3.63, 3.8) is 0 Å². The van der Waals surface area contributed by atoms with E-state index in [1.54, 1.807) is 19.0 Å². The molecule has 0 atom stereocenters. The van der Waals surface area contributed by atoms with E-state index in [2.05, 4.69) is 30.7 Å². The summed E-state index contributed by atoms with van der Waals surface area (Å²) in [4.78, 5) is 13.4. The molecular weight excluding hydrogens is 212 g/mol.